The van der Waals surface area contributed by atoms with Crippen molar-refractivity contribution < 1.29 is 14.5 Å². The number of aromatic nitrogens is 1. The van der Waals surface area contributed by atoms with Gasteiger partial charge in [0.15, 0.2) is 0 Å². The van der Waals surface area contributed by atoms with Crippen molar-refractivity contribution in [1.29, 1.82) is 0 Å². The third kappa shape index (κ3) is 4.46. The molecule has 0 radical (unpaired) electrons. The second-order valence-corrected chi connectivity index (χ2v) is 8.45. The van der Waals surface area contributed by atoms with Crippen LogP contribution < -0.4 is 10.3 Å². The number of ether oxygens (including phenoxy) is 1. The van der Waals surface area contributed by atoms with E-state index in [1.54, 1.807) is 7.11 Å². The molecule has 0 aliphatic carbocycles. The van der Waals surface area contributed by atoms with Gasteiger partial charge >= 0.3 is 0 Å². The number of methoxy groups -OCH3 is 1. The quantitative estimate of drug-likeness (QED) is 0.301. The summed E-state index contributed by atoms with van der Waals surface area (Å²) >= 11 is 0. The van der Waals surface area contributed by atoms with Gasteiger partial charge in [0.05, 0.1) is 30.0 Å². The number of benzene rings is 3. The lowest BCUT2D eigenvalue weighted by Gasteiger charge is -2.22. The largest absolute Gasteiger partial charge is 0.497 e. The first-order chi connectivity index (χ1) is 17.4. The lowest BCUT2D eigenvalue weighted by molar-refractivity contribution is -0.385. The zero-order valence-corrected chi connectivity index (χ0v) is 19.4. The molecule has 1 amide bonds. The van der Waals surface area contributed by atoms with Crippen LogP contribution in [0.15, 0.2) is 95.0 Å². The molecule has 1 unspecified atom stereocenters. The Morgan fingerprint density at radius 1 is 1.06 bits per heavy atom. The Morgan fingerprint density at radius 2 is 1.81 bits per heavy atom. The van der Waals surface area contributed by atoms with E-state index in [4.69, 9.17) is 4.74 Å². The van der Waals surface area contributed by atoms with Gasteiger partial charge < -0.3 is 4.74 Å². The van der Waals surface area contributed by atoms with Crippen LogP contribution in [0.1, 0.15) is 23.6 Å². The highest BCUT2D eigenvalue weighted by Crippen LogP contribution is 2.34. The van der Waals surface area contributed by atoms with E-state index in [0.717, 1.165) is 50.5 Å². The van der Waals surface area contributed by atoms with Gasteiger partial charge in [-0.05, 0) is 40.1 Å². The van der Waals surface area contributed by atoms with Crippen LogP contribution in [-0.4, -0.2) is 33.2 Å². The number of fused-ring (bicyclic) bond motifs is 1. The molecule has 5 rings (SSSR count). The lowest BCUT2D eigenvalue weighted by atomic mass is 9.97. The Hall–Kier alpha value is -4.79. The van der Waals surface area contributed by atoms with Gasteiger partial charge in [-0.3, -0.25) is 24.3 Å². The summed E-state index contributed by atoms with van der Waals surface area (Å²) in [6.07, 6.45) is 1.55. The number of amides is 1. The van der Waals surface area contributed by atoms with E-state index in [-0.39, 0.29) is 12.2 Å². The van der Waals surface area contributed by atoms with Gasteiger partial charge in [-0.25, -0.2) is 5.01 Å². The molecule has 0 N–H and O–H groups in total. The number of hydrazone groups is 1. The molecule has 2 heterocycles. The zero-order chi connectivity index (χ0) is 25.2. The number of carbonyl (C=O) groups is 1. The molecule has 9 heteroatoms. The molecule has 1 aromatic heterocycles. The van der Waals surface area contributed by atoms with Crippen LogP contribution in [-0.2, 0) is 11.3 Å². The minimum atomic E-state index is -0.605. The fourth-order valence-corrected chi connectivity index (χ4v) is 4.34. The highest BCUT2D eigenvalue weighted by atomic mass is 16.6. The summed E-state index contributed by atoms with van der Waals surface area (Å²) in [5.41, 5.74) is 1.72. The Morgan fingerprint density at radius 3 is 2.53 bits per heavy atom. The number of rotatable bonds is 6. The average molecular weight is 482 g/mol. The highest BCUT2D eigenvalue weighted by Gasteiger charge is 2.33. The van der Waals surface area contributed by atoms with E-state index < -0.39 is 22.4 Å². The smallest absolute Gasteiger partial charge is 0.285 e. The Bertz CT molecular complexity index is 1560. The third-order valence-corrected chi connectivity index (χ3v) is 6.23. The van der Waals surface area contributed by atoms with Crippen molar-refractivity contribution in [2.24, 2.45) is 5.10 Å². The summed E-state index contributed by atoms with van der Waals surface area (Å²) in [7, 11) is 1.58. The molecule has 4 aromatic rings. The topological polar surface area (TPSA) is 107 Å². The highest BCUT2D eigenvalue weighted by molar-refractivity contribution is 6.05. The van der Waals surface area contributed by atoms with Gasteiger partial charge in [-0.1, -0.05) is 48.5 Å². The second-order valence-electron chi connectivity index (χ2n) is 8.45. The fourth-order valence-electron chi connectivity index (χ4n) is 4.34. The average Bonchev–Trinajstić information content (AvgIpc) is 3.35. The van der Waals surface area contributed by atoms with Crippen LogP contribution in [0, 0.1) is 10.1 Å². The molecule has 180 valence electrons. The first-order valence-electron chi connectivity index (χ1n) is 11.3. The number of nitrogens with zero attached hydrogens (tertiary/aromatic N) is 4. The first kappa shape index (κ1) is 23.0. The van der Waals surface area contributed by atoms with Gasteiger partial charge in [0.2, 0.25) is 0 Å². The third-order valence-electron chi connectivity index (χ3n) is 6.23. The van der Waals surface area contributed by atoms with Gasteiger partial charge in [-0.15, -0.1) is 0 Å². The lowest BCUT2D eigenvalue weighted by Crippen LogP contribution is -2.33. The predicted molar refractivity (Wildman–Crippen MR) is 135 cm³/mol. The maximum absolute atomic E-state index is 13.4. The van der Waals surface area contributed by atoms with Gasteiger partial charge in [0.25, 0.3) is 17.2 Å². The van der Waals surface area contributed by atoms with Crippen LogP contribution in [0.25, 0.3) is 10.8 Å². The summed E-state index contributed by atoms with van der Waals surface area (Å²) in [4.78, 5) is 36.3. The molecule has 1 atom stereocenters. The maximum Gasteiger partial charge on any atom is 0.285 e. The van der Waals surface area contributed by atoms with Crippen LogP contribution in [0.4, 0.5) is 5.69 Å². The monoisotopic (exact) mass is 482 g/mol. The van der Waals surface area contributed by atoms with E-state index in [1.165, 1.54) is 5.01 Å². The molecular formula is C27H22N4O5. The zero-order valence-electron chi connectivity index (χ0n) is 19.4. The molecule has 0 bridgehead atoms. The Labute approximate surface area is 206 Å². The molecule has 0 saturated carbocycles. The van der Waals surface area contributed by atoms with Crippen molar-refractivity contribution in [2.45, 2.75) is 19.0 Å². The molecule has 0 fully saturated rings. The van der Waals surface area contributed by atoms with E-state index in [9.17, 15) is 19.7 Å². The fraction of sp³-hybridized carbons (Fsp3) is 0.148. The van der Waals surface area contributed by atoms with Crippen LogP contribution in [0.3, 0.4) is 0 Å². The normalized spacial score (nSPS) is 15.1. The standard InChI is InChI=1S/C27H22N4O5/c1-36-23-11-8-19(9-12-23)25-15-24(21-7-6-18-4-2-3-5-20(18)14-21)28-30(25)27(33)17-29-16-22(31(34)35)10-13-26(29)32/h2-14,16,25H,15,17H2,1H3. The second kappa shape index (κ2) is 9.46. The van der Waals surface area contributed by atoms with Crippen molar-refractivity contribution in [3.8, 4) is 5.75 Å². The minimum Gasteiger partial charge on any atom is -0.497 e. The summed E-state index contributed by atoms with van der Waals surface area (Å²) in [6, 6.07) is 23.2. The number of carbonyl (C=O) groups excluding carboxylic acids is 1. The van der Waals surface area contributed by atoms with Crippen LogP contribution in [0.5, 0.6) is 5.75 Å². The molecular weight excluding hydrogens is 460 g/mol. The molecule has 9 nitrogen and oxygen atoms in total. The summed E-state index contributed by atoms with van der Waals surface area (Å²) in [5.74, 6) is 0.239. The minimum absolute atomic E-state index is 0.268. The van der Waals surface area contributed by atoms with Crippen molar-refractivity contribution in [3.63, 3.8) is 0 Å². The molecule has 3 aromatic carbocycles. The first-order valence-corrected chi connectivity index (χ1v) is 11.3. The van der Waals surface area contributed by atoms with Crippen molar-refractivity contribution >= 4 is 28.1 Å². The summed E-state index contributed by atoms with van der Waals surface area (Å²) in [6.45, 7) is -0.373. The van der Waals surface area contributed by atoms with E-state index in [0.29, 0.717) is 12.2 Å². The van der Waals surface area contributed by atoms with Gasteiger partial charge in [-0.2, -0.15) is 5.10 Å². The van der Waals surface area contributed by atoms with E-state index in [1.807, 2.05) is 66.7 Å². The van der Waals surface area contributed by atoms with Crippen molar-refractivity contribution in [3.05, 3.63) is 117 Å². The molecule has 36 heavy (non-hydrogen) atoms. The molecule has 1 aliphatic heterocycles. The summed E-state index contributed by atoms with van der Waals surface area (Å²) in [5, 5.41) is 19.4. The van der Waals surface area contributed by atoms with E-state index in [2.05, 4.69) is 5.10 Å². The number of nitro groups is 1. The number of hydrogen-bond donors (Lipinski definition) is 0. The predicted octanol–water partition coefficient (Wildman–Crippen LogP) is 4.30. The van der Waals surface area contributed by atoms with Crippen LogP contribution >= 0.6 is 0 Å². The maximum atomic E-state index is 13.4. The molecule has 0 spiro atoms. The van der Waals surface area contributed by atoms with Crippen LogP contribution in [0.2, 0.25) is 0 Å². The summed E-state index contributed by atoms with van der Waals surface area (Å²) < 4.78 is 6.29. The molecule has 1 aliphatic rings. The number of hydrogen-bond acceptors (Lipinski definition) is 6. The van der Waals surface area contributed by atoms with Gasteiger partial charge in [0, 0.05) is 18.6 Å². The van der Waals surface area contributed by atoms with E-state index >= 15 is 0 Å². The van der Waals surface area contributed by atoms with Gasteiger partial charge in [0.1, 0.15) is 12.3 Å². The number of pyridine rings is 1. The van der Waals surface area contributed by atoms with Crippen molar-refractivity contribution in [1.82, 2.24) is 9.58 Å². The Kier molecular flexibility index (Phi) is 6.03. The SMILES string of the molecule is COc1ccc(C2CC(c3ccc4ccccc4c3)=NN2C(=O)Cn2cc([N+](=O)[O-])ccc2=O)cc1. The molecule has 0 saturated heterocycles. The van der Waals surface area contributed by atoms with Crippen molar-refractivity contribution in [2.75, 3.05) is 7.11 Å². The Balaban J connectivity index is 1.51.